The van der Waals surface area contributed by atoms with Gasteiger partial charge in [-0.05, 0) is 113 Å². The van der Waals surface area contributed by atoms with Gasteiger partial charge in [-0.15, -0.1) is 0 Å². The Bertz CT molecular complexity index is 1620. The average molecular weight is 707 g/mol. The number of hydrogen-bond acceptors (Lipinski definition) is 5. The zero-order valence-electron chi connectivity index (χ0n) is 32.8. The van der Waals surface area contributed by atoms with Crippen LogP contribution in [0.2, 0.25) is 0 Å². The molecule has 1 spiro atoms. The van der Waals surface area contributed by atoms with E-state index < -0.39 is 17.6 Å². The van der Waals surface area contributed by atoms with Crippen molar-refractivity contribution in [3.8, 4) is 0 Å². The van der Waals surface area contributed by atoms with E-state index in [1.807, 2.05) is 71.7 Å². The molecule has 52 heavy (non-hydrogen) atoms. The molecule has 2 aliphatic carbocycles. The number of anilines is 1. The van der Waals surface area contributed by atoms with Crippen LogP contribution in [0, 0.1) is 12.3 Å². The Morgan fingerprint density at radius 3 is 2.38 bits per heavy atom. The molecule has 3 heterocycles. The quantitative estimate of drug-likeness (QED) is 0.313. The maximum atomic E-state index is 14.7. The van der Waals surface area contributed by atoms with Crippen LogP contribution in [-0.4, -0.2) is 58.1 Å². The number of likely N-dealkylation sites (N-methyl/N-ethyl adjacent to an activating group) is 1. The summed E-state index contributed by atoms with van der Waals surface area (Å²) >= 11 is 0. The molecule has 1 aromatic carbocycles. The van der Waals surface area contributed by atoms with E-state index in [2.05, 4.69) is 101 Å². The second-order valence-corrected chi connectivity index (χ2v) is 13.3. The molecule has 0 radical (unpaired) electrons. The van der Waals surface area contributed by atoms with Crippen LogP contribution in [-0.2, 0) is 9.59 Å². The van der Waals surface area contributed by atoms with E-state index in [1.165, 1.54) is 5.56 Å². The predicted octanol–water partition coefficient (Wildman–Crippen LogP) is 9.28. The van der Waals surface area contributed by atoms with Gasteiger partial charge in [-0.1, -0.05) is 108 Å². The highest BCUT2D eigenvalue weighted by molar-refractivity contribution is 6.06. The van der Waals surface area contributed by atoms with Crippen LogP contribution in [0.25, 0.3) is 5.57 Å². The average Bonchev–Trinajstić information content (AvgIpc) is 3.26. The van der Waals surface area contributed by atoms with Gasteiger partial charge >= 0.3 is 0 Å². The van der Waals surface area contributed by atoms with Crippen molar-refractivity contribution < 1.29 is 14.7 Å². The third kappa shape index (κ3) is 10.4. The van der Waals surface area contributed by atoms with Gasteiger partial charge < -0.3 is 10.4 Å². The Balaban J connectivity index is 0.000000579. The number of aryl methyl sites for hydroxylation is 1. The van der Waals surface area contributed by atoms with Gasteiger partial charge in [0.15, 0.2) is 0 Å². The number of allylic oxidation sites excluding steroid dienone is 11. The molecular formula is C45H62N4O3. The van der Waals surface area contributed by atoms with Gasteiger partial charge in [0.25, 0.3) is 5.91 Å². The molecular weight excluding hydrogens is 645 g/mol. The van der Waals surface area contributed by atoms with Crippen molar-refractivity contribution in [2.24, 2.45) is 5.41 Å². The first-order chi connectivity index (χ1) is 25.2. The van der Waals surface area contributed by atoms with Crippen LogP contribution in [0.15, 0.2) is 115 Å². The molecule has 2 N–H and O–H groups in total. The van der Waals surface area contributed by atoms with Crippen molar-refractivity contribution in [1.29, 1.82) is 0 Å². The number of piperidine rings is 1. The number of hydrogen-bond donors (Lipinski definition) is 2. The van der Waals surface area contributed by atoms with Crippen LogP contribution in [0.1, 0.15) is 98.1 Å². The molecule has 2 aromatic rings. The third-order valence-corrected chi connectivity index (χ3v) is 9.63. The van der Waals surface area contributed by atoms with E-state index >= 15 is 0 Å². The van der Waals surface area contributed by atoms with Crippen molar-refractivity contribution in [2.45, 2.75) is 112 Å². The highest BCUT2D eigenvalue weighted by Gasteiger charge is 2.56. The molecule has 7 heteroatoms. The number of carbonyl (C=O) groups is 2. The predicted molar refractivity (Wildman–Crippen MR) is 218 cm³/mol. The van der Waals surface area contributed by atoms with Crippen molar-refractivity contribution in [2.75, 3.05) is 18.0 Å². The van der Waals surface area contributed by atoms with E-state index in [0.717, 1.165) is 47.4 Å². The first kappa shape index (κ1) is 42.1. The minimum absolute atomic E-state index is 0.0712. The summed E-state index contributed by atoms with van der Waals surface area (Å²) < 4.78 is 0. The molecule has 2 aliphatic heterocycles. The molecule has 3 unspecified atom stereocenters. The number of amides is 2. The lowest BCUT2D eigenvalue weighted by Gasteiger charge is -2.46. The van der Waals surface area contributed by atoms with Gasteiger partial charge in [0.1, 0.15) is 6.10 Å². The Hall–Kier alpha value is -4.33. The van der Waals surface area contributed by atoms with Crippen LogP contribution in [0.3, 0.4) is 0 Å². The Labute approximate surface area is 313 Å². The lowest BCUT2D eigenvalue weighted by Crippen LogP contribution is -2.58. The van der Waals surface area contributed by atoms with Crippen LogP contribution in [0.5, 0.6) is 0 Å². The molecule has 1 fully saturated rings. The highest BCUT2D eigenvalue weighted by Crippen LogP contribution is 2.53. The number of pyridine rings is 1. The number of nitrogens with one attached hydrogen (secondary N) is 1. The largest absolute Gasteiger partial charge is 0.382 e. The van der Waals surface area contributed by atoms with Crippen LogP contribution < -0.4 is 10.2 Å². The molecule has 3 atom stereocenters. The van der Waals surface area contributed by atoms with E-state index in [0.29, 0.717) is 32.4 Å². The molecule has 2 amide bonds. The molecule has 7 nitrogen and oxygen atoms in total. The Morgan fingerprint density at radius 2 is 1.75 bits per heavy atom. The third-order valence-electron chi connectivity index (χ3n) is 9.63. The number of likely N-dealkylation sites (tertiary alicyclic amines) is 1. The zero-order chi connectivity index (χ0) is 38.1. The second-order valence-electron chi connectivity index (χ2n) is 13.3. The van der Waals surface area contributed by atoms with Crippen molar-refractivity contribution in [3.63, 3.8) is 0 Å². The summed E-state index contributed by atoms with van der Waals surface area (Å²) in [6.07, 6.45) is 25.8. The monoisotopic (exact) mass is 706 g/mol. The number of carbonyl (C=O) groups excluding carboxylic acids is 2. The normalized spacial score (nSPS) is 22.8. The number of aliphatic hydroxyl groups is 1. The van der Waals surface area contributed by atoms with Gasteiger partial charge in [-0.25, -0.2) is 0 Å². The molecule has 1 saturated heterocycles. The summed E-state index contributed by atoms with van der Waals surface area (Å²) in [4.78, 5) is 35.7. The fourth-order valence-corrected chi connectivity index (χ4v) is 7.21. The Morgan fingerprint density at radius 1 is 1.02 bits per heavy atom. The lowest BCUT2D eigenvalue weighted by molar-refractivity contribution is -0.139. The number of benzene rings is 1. The summed E-state index contributed by atoms with van der Waals surface area (Å²) in [7, 11) is 0. The molecule has 280 valence electrons. The zero-order valence-corrected chi connectivity index (χ0v) is 32.8. The standard InChI is InChI=1S/C35H43N3O3.C6H7N.2C2H6/c1-4-37-23-22-35(24-31(37)32(39)33(40)36-25(2)3)29-16-12-6-5-7-13-17-30(29)38(34(35)41)28-20-18-27(19-21-28)26-14-10-8-9-11-15-26;1-6-3-2-4-7-5-6;2*1-2/h5-8,10-12,14-15,18-21,25,31-32,39H,4,9,13,16-17,22-24H2,1-3H3,(H,36,40);2-5H,1H3;2*1-2H3/b7-5-,12-6-;;;. The van der Waals surface area contributed by atoms with Gasteiger partial charge in [0, 0.05) is 35.9 Å². The summed E-state index contributed by atoms with van der Waals surface area (Å²) in [6.45, 7) is 17.2. The fraction of sp³-hybridized carbons (Fsp3) is 0.444. The number of aliphatic hydroxyl groups excluding tert-OH is 1. The molecule has 4 aliphatic rings. The lowest BCUT2D eigenvalue weighted by atomic mass is 9.68. The van der Waals surface area contributed by atoms with Crippen molar-refractivity contribution in [1.82, 2.24) is 15.2 Å². The van der Waals surface area contributed by atoms with E-state index in [4.69, 9.17) is 0 Å². The van der Waals surface area contributed by atoms with E-state index in [9.17, 15) is 14.7 Å². The molecule has 6 rings (SSSR count). The maximum absolute atomic E-state index is 14.7. The fourth-order valence-electron chi connectivity index (χ4n) is 7.21. The number of fused-ring (bicyclic) bond motifs is 1. The number of aromatic nitrogens is 1. The summed E-state index contributed by atoms with van der Waals surface area (Å²) in [5.74, 6) is -0.301. The van der Waals surface area contributed by atoms with Gasteiger partial charge in [-0.2, -0.15) is 0 Å². The van der Waals surface area contributed by atoms with E-state index in [1.54, 1.807) is 6.20 Å². The Kier molecular flexibility index (Phi) is 17.2. The van der Waals surface area contributed by atoms with E-state index in [-0.39, 0.29) is 17.9 Å². The topological polar surface area (TPSA) is 85.8 Å². The minimum atomic E-state index is -1.21. The number of nitrogens with zero attached hydrogens (tertiary/aromatic N) is 3. The first-order valence-corrected chi connectivity index (χ1v) is 19.4. The summed E-state index contributed by atoms with van der Waals surface area (Å²) in [5.41, 5.74) is 5.80. The highest BCUT2D eigenvalue weighted by atomic mass is 16.3. The van der Waals surface area contributed by atoms with Crippen LogP contribution >= 0.6 is 0 Å². The van der Waals surface area contributed by atoms with Crippen LogP contribution in [0.4, 0.5) is 5.69 Å². The van der Waals surface area contributed by atoms with Gasteiger partial charge in [0.05, 0.1) is 5.41 Å². The SMILES string of the molecule is CC.CC.CCN1CCC2(CC1C(O)C(=O)NC(C)C)C(=O)N(c1ccc(C3=CC=CCC=C3)cc1)C1=C2C/C=C\C=C/CC1.Cc1cccnc1. The minimum Gasteiger partial charge on any atom is -0.382 e. The summed E-state index contributed by atoms with van der Waals surface area (Å²) in [5, 5.41) is 14.2. The second kappa shape index (κ2) is 21.3. The number of rotatable bonds is 6. The summed E-state index contributed by atoms with van der Waals surface area (Å²) in [6, 6.07) is 11.7. The van der Waals surface area contributed by atoms with Crippen molar-refractivity contribution >= 4 is 23.1 Å². The molecule has 0 saturated carbocycles. The first-order valence-electron chi connectivity index (χ1n) is 19.4. The van der Waals surface area contributed by atoms with Gasteiger partial charge in [0.2, 0.25) is 5.91 Å². The molecule has 0 bridgehead atoms. The smallest absolute Gasteiger partial charge is 0.250 e. The molecule has 1 aromatic heterocycles. The maximum Gasteiger partial charge on any atom is 0.250 e. The van der Waals surface area contributed by atoms with Crippen molar-refractivity contribution in [3.05, 3.63) is 126 Å². The van der Waals surface area contributed by atoms with Gasteiger partial charge in [-0.3, -0.25) is 24.4 Å².